The number of nitrogens with one attached hydrogen (secondary N) is 1. The van der Waals surface area contributed by atoms with Gasteiger partial charge in [0.25, 0.3) is 5.91 Å². The van der Waals surface area contributed by atoms with Crippen LogP contribution in [0.5, 0.6) is 0 Å². The van der Waals surface area contributed by atoms with Gasteiger partial charge >= 0.3 is 5.97 Å². The molecule has 1 aliphatic carbocycles. The molecule has 0 aromatic carbocycles. The van der Waals surface area contributed by atoms with Gasteiger partial charge in [0.1, 0.15) is 17.7 Å². The zero-order valence-corrected chi connectivity index (χ0v) is 13.5. The van der Waals surface area contributed by atoms with Gasteiger partial charge in [0.15, 0.2) is 5.69 Å². The van der Waals surface area contributed by atoms with Crippen molar-refractivity contribution < 1.29 is 14.7 Å². The molecule has 1 fully saturated rings. The van der Waals surface area contributed by atoms with Crippen LogP contribution in [0.3, 0.4) is 0 Å². The summed E-state index contributed by atoms with van der Waals surface area (Å²) < 4.78 is 2.09. The number of aromatic amines is 1. The van der Waals surface area contributed by atoms with Crippen LogP contribution in [0.15, 0.2) is 24.7 Å². The van der Waals surface area contributed by atoms with Crippen LogP contribution in [-0.4, -0.2) is 53.7 Å². The molecule has 1 amide bonds. The number of H-pyrrole nitrogens is 1. The first-order valence-electron chi connectivity index (χ1n) is 7.89. The Kier molecular flexibility index (Phi) is 3.48. The number of aromatic nitrogens is 5. The van der Waals surface area contributed by atoms with Gasteiger partial charge in [-0.1, -0.05) is 0 Å². The fourth-order valence-electron chi connectivity index (χ4n) is 2.85. The van der Waals surface area contributed by atoms with Crippen LogP contribution >= 0.6 is 0 Å². The lowest BCUT2D eigenvalue weighted by Crippen LogP contribution is -2.27. The standard InChI is InChI=1S/C16H16N6O3/c1-21(7-9-6-12(16(24)25)20-19-9)15(23)13-11-4-5-22(10-2-3-10)14(11)18-8-17-13/h4-6,8,10H,2-3,7H2,1H3,(H,19,20)(H,24,25). The maximum absolute atomic E-state index is 12.8. The molecule has 1 saturated carbocycles. The molecule has 25 heavy (non-hydrogen) atoms. The number of amides is 1. The highest BCUT2D eigenvalue weighted by molar-refractivity contribution is 6.03. The van der Waals surface area contributed by atoms with Gasteiger partial charge in [-0.25, -0.2) is 14.8 Å². The summed E-state index contributed by atoms with van der Waals surface area (Å²) in [5, 5.41) is 15.9. The van der Waals surface area contributed by atoms with Crippen LogP contribution in [0.4, 0.5) is 0 Å². The second-order valence-corrected chi connectivity index (χ2v) is 6.16. The molecule has 0 unspecified atom stereocenters. The van der Waals surface area contributed by atoms with Gasteiger partial charge < -0.3 is 14.6 Å². The minimum Gasteiger partial charge on any atom is -0.476 e. The van der Waals surface area contributed by atoms with E-state index in [1.165, 1.54) is 17.3 Å². The van der Waals surface area contributed by atoms with Crippen LogP contribution in [0.2, 0.25) is 0 Å². The Balaban J connectivity index is 1.59. The lowest BCUT2D eigenvalue weighted by molar-refractivity contribution is 0.0690. The Hall–Kier alpha value is -3.23. The third-order valence-corrected chi connectivity index (χ3v) is 4.26. The molecule has 3 heterocycles. The van der Waals surface area contributed by atoms with Crippen molar-refractivity contribution in [2.75, 3.05) is 7.05 Å². The summed E-state index contributed by atoms with van der Waals surface area (Å²) in [6.07, 6.45) is 5.61. The first-order valence-corrected chi connectivity index (χ1v) is 7.89. The Labute approximate surface area is 142 Å². The van der Waals surface area contributed by atoms with Crippen molar-refractivity contribution in [3.8, 4) is 0 Å². The van der Waals surface area contributed by atoms with Crippen molar-refractivity contribution in [2.24, 2.45) is 0 Å². The third kappa shape index (κ3) is 2.73. The first-order chi connectivity index (χ1) is 12.0. The highest BCUT2D eigenvalue weighted by atomic mass is 16.4. The SMILES string of the molecule is CN(Cc1cc(C(=O)O)n[nH]1)C(=O)c1ncnc2c1ccn2C1CC1. The molecule has 0 aliphatic heterocycles. The smallest absolute Gasteiger partial charge is 0.356 e. The second-order valence-electron chi connectivity index (χ2n) is 6.16. The molecular weight excluding hydrogens is 324 g/mol. The zero-order valence-electron chi connectivity index (χ0n) is 13.5. The van der Waals surface area contributed by atoms with Crippen LogP contribution in [0.1, 0.15) is 45.6 Å². The summed E-state index contributed by atoms with van der Waals surface area (Å²) in [6.45, 7) is 0.202. The number of nitrogens with zero attached hydrogens (tertiary/aromatic N) is 5. The summed E-state index contributed by atoms with van der Waals surface area (Å²) in [6, 6.07) is 3.74. The summed E-state index contributed by atoms with van der Waals surface area (Å²) in [7, 11) is 1.63. The van der Waals surface area contributed by atoms with Gasteiger partial charge in [-0.2, -0.15) is 5.10 Å². The van der Waals surface area contributed by atoms with E-state index in [0.717, 1.165) is 23.9 Å². The van der Waals surface area contributed by atoms with Crippen molar-refractivity contribution >= 4 is 22.9 Å². The lowest BCUT2D eigenvalue weighted by Gasteiger charge is -2.16. The van der Waals surface area contributed by atoms with Crippen LogP contribution in [0.25, 0.3) is 11.0 Å². The van der Waals surface area contributed by atoms with E-state index in [4.69, 9.17) is 5.11 Å². The normalized spacial score (nSPS) is 14.0. The van der Waals surface area contributed by atoms with E-state index in [1.807, 2.05) is 12.3 Å². The molecule has 3 aromatic heterocycles. The second kappa shape index (κ2) is 5.69. The van der Waals surface area contributed by atoms with E-state index < -0.39 is 5.97 Å². The van der Waals surface area contributed by atoms with Crippen LogP contribution < -0.4 is 0 Å². The number of carboxylic acids is 1. The number of aromatic carboxylic acids is 1. The monoisotopic (exact) mass is 340 g/mol. The van der Waals surface area contributed by atoms with E-state index in [1.54, 1.807) is 7.05 Å². The zero-order chi connectivity index (χ0) is 17.6. The molecule has 9 nitrogen and oxygen atoms in total. The van der Waals surface area contributed by atoms with Gasteiger partial charge in [0, 0.05) is 19.3 Å². The van der Waals surface area contributed by atoms with Gasteiger partial charge in [0.05, 0.1) is 17.6 Å². The average molecular weight is 340 g/mol. The molecule has 0 atom stereocenters. The summed E-state index contributed by atoms with van der Waals surface area (Å²) in [5.41, 5.74) is 1.56. The van der Waals surface area contributed by atoms with E-state index in [-0.39, 0.29) is 18.1 Å². The van der Waals surface area contributed by atoms with Gasteiger partial charge in [-0.15, -0.1) is 0 Å². The van der Waals surface area contributed by atoms with Gasteiger partial charge in [-0.3, -0.25) is 9.89 Å². The average Bonchev–Trinajstić information content (AvgIpc) is 3.17. The molecule has 2 N–H and O–H groups in total. The number of hydrogen-bond donors (Lipinski definition) is 2. The minimum absolute atomic E-state index is 0.0817. The van der Waals surface area contributed by atoms with Crippen molar-refractivity contribution in [3.05, 3.63) is 41.7 Å². The van der Waals surface area contributed by atoms with Crippen LogP contribution in [-0.2, 0) is 6.54 Å². The highest BCUT2D eigenvalue weighted by Crippen LogP contribution is 2.37. The molecule has 9 heteroatoms. The summed E-state index contributed by atoms with van der Waals surface area (Å²) in [5.74, 6) is -1.37. The van der Waals surface area contributed by atoms with E-state index in [2.05, 4.69) is 24.7 Å². The van der Waals surface area contributed by atoms with Crippen molar-refractivity contribution in [1.29, 1.82) is 0 Å². The lowest BCUT2D eigenvalue weighted by atomic mass is 10.2. The maximum atomic E-state index is 12.8. The first kappa shape index (κ1) is 15.3. The number of carbonyl (C=O) groups excluding carboxylic acids is 1. The molecule has 0 saturated heterocycles. The van der Waals surface area contributed by atoms with Gasteiger partial charge in [0.2, 0.25) is 0 Å². The van der Waals surface area contributed by atoms with Gasteiger partial charge in [-0.05, 0) is 25.0 Å². The molecule has 0 bridgehead atoms. The fourth-order valence-corrected chi connectivity index (χ4v) is 2.85. The molecule has 3 aromatic rings. The third-order valence-electron chi connectivity index (χ3n) is 4.26. The molecular formula is C16H16N6O3. The number of hydrogen-bond acceptors (Lipinski definition) is 5. The molecule has 0 radical (unpaired) electrons. The number of fused-ring (bicyclic) bond motifs is 1. The Bertz CT molecular complexity index is 971. The summed E-state index contributed by atoms with van der Waals surface area (Å²) >= 11 is 0. The molecule has 1 aliphatic rings. The van der Waals surface area contributed by atoms with E-state index >= 15 is 0 Å². The number of rotatable bonds is 5. The highest BCUT2D eigenvalue weighted by Gasteiger charge is 2.27. The molecule has 0 spiro atoms. The maximum Gasteiger partial charge on any atom is 0.356 e. The molecule has 4 rings (SSSR count). The largest absolute Gasteiger partial charge is 0.476 e. The Morgan fingerprint density at radius 1 is 1.40 bits per heavy atom. The minimum atomic E-state index is -1.12. The predicted molar refractivity (Wildman–Crippen MR) is 87.1 cm³/mol. The van der Waals surface area contributed by atoms with Crippen molar-refractivity contribution in [1.82, 2.24) is 29.6 Å². The van der Waals surface area contributed by atoms with Crippen molar-refractivity contribution in [2.45, 2.75) is 25.4 Å². The van der Waals surface area contributed by atoms with Crippen LogP contribution in [0, 0.1) is 0 Å². The topological polar surface area (TPSA) is 117 Å². The predicted octanol–water partition coefficient (Wildman–Crippen LogP) is 1.46. The quantitative estimate of drug-likeness (QED) is 0.726. The molecule has 128 valence electrons. The number of carboxylic acid groups (broad SMARTS) is 1. The fraction of sp³-hybridized carbons (Fsp3) is 0.312. The Morgan fingerprint density at radius 2 is 2.20 bits per heavy atom. The van der Waals surface area contributed by atoms with E-state index in [9.17, 15) is 9.59 Å². The number of carbonyl (C=O) groups is 2. The summed E-state index contributed by atoms with van der Waals surface area (Å²) in [4.78, 5) is 33.6. The van der Waals surface area contributed by atoms with E-state index in [0.29, 0.717) is 17.4 Å². The Morgan fingerprint density at radius 3 is 2.88 bits per heavy atom. The van der Waals surface area contributed by atoms with Crippen molar-refractivity contribution in [3.63, 3.8) is 0 Å².